The summed E-state index contributed by atoms with van der Waals surface area (Å²) in [6.07, 6.45) is 3.33. The number of nitrogens with one attached hydrogen (secondary N) is 2. The Morgan fingerprint density at radius 1 is 0.853 bits per heavy atom. The minimum atomic E-state index is -0.377. The summed E-state index contributed by atoms with van der Waals surface area (Å²) in [5, 5.41) is 10.5. The monoisotopic (exact) mass is 457 g/mol. The largest absolute Gasteiger partial charge is 0.497 e. The van der Waals surface area contributed by atoms with Crippen LogP contribution in [0.15, 0.2) is 79.1 Å². The number of benzene rings is 2. The molecule has 0 aliphatic rings. The first-order chi connectivity index (χ1) is 16.3. The minimum Gasteiger partial charge on any atom is -0.497 e. The molecule has 174 valence electrons. The first-order valence-electron chi connectivity index (χ1n) is 10.8. The highest BCUT2D eigenvalue weighted by atomic mass is 16.5. The fourth-order valence-electron chi connectivity index (χ4n) is 3.18. The van der Waals surface area contributed by atoms with Crippen LogP contribution in [0.2, 0.25) is 0 Å². The smallest absolute Gasteiger partial charge is 0.324 e. The maximum absolute atomic E-state index is 12.8. The van der Waals surface area contributed by atoms with Gasteiger partial charge < -0.3 is 14.8 Å². The summed E-state index contributed by atoms with van der Waals surface area (Å²) in [6, 6.07) is 19.7. The van der Waals surface area contributed by atoms with Gasteiger partial charge in [-0.2, -0.15) is 5.10 Å². The lowest BCUT2D eigenvalue weighted by Gasteiger charge is -2.14. The lowest BCUT2D eigenvalue weighted by molar-refractivity contribution is 0.262. The molecule has 0 spiro atoms. The fourth-order valence-corrected chi connectivity index (χ4v) is 3.18. The van der Waals surface area contributed by atoms with Gasteiger partial charge in [-0.15, -0.1) is 0 Å². The van der Waals surface area contributed by atoms with Crippen LogP contribution in [-0.2, 0) is 5.41 Å². The first-order valence-corrected chi connectivity index (χ1v) is 10.8. The number of hydrogen-bond donors (Lipinski definition) is 2. The zero-order chi connectivity index (χ0) is 24.1. The van der Waals surface area contributed by atoms with E-state index in [-0.39, 0.29) is 11.4 Å². The van der Waals surface area contributed by atoms with E-state index in [1.165, 1.54) is 0 Å². The van der Waals surface area contributed by atoms with Crippen molar-refractivity contribution in [1.29, 1.82) is 0 Å². The van der Waals surface area contributed by atoms with E-state index in [4.69, 9.17) is 14.6 Å². The van der Waals surface area contributed by atoms with Crippen LogP contribution in [0, 0.1) is 0 Å². The Bertz CT molecular complexity index is 1240. The number of carbonyl (C=O) groups is 1. The van der Waals surface area contributed by atoms with Gasteiger partial charge >= 0.3 is 6.03 Å². The van der Waals surface area contributed by atoms with E-state index in [1.807, 2.05) is 30.3 Å². The van der Waals surface area contributed by atoms with E-state index < -0.39 is 0 Å². The molecular formula is C26H27N5O3. The Kier molecular flexibility index (Phi) is 6.49. The summed E-state index contributed by atoms with van der Waals surface area (Å²) in [6.45, 7) is 6.23. The molecule has 0 radical (unpaired) electrons. The van der Waals surface area contributed by atoms with E-state index in [0.29, 0.717) is 23.0 Å². The third-order valence-corrected chi connectivity index (χ3v) is 5.03. The topological polar surface area (TPSA) is 90.3 Å². The highest BCUT2D eigenvalue weighted by Gasteiger charge is 2.21. The quantitative estimate of drug-likeness (QED) is 0.370. The molecule has 2 amide bonds. The highest BCUT2D eigenvalue weighted by Crippen LogP contribution is 2.27. The number of aromatic nitrogens is 3. The fraction of sp³-hybridized carbons (Fsp3) is 0.192. The Labute approximate surface area is 198 Å². The summed E-state index contributed by atoms with van der Waals surface area (Å²) in [7, 11) is 1.62. The molecule has 4 aromatic rings. The van der Waals surface area contributed by atoms with Gasteiger partial charge in [-0.05, 0) is 60.7 Å². The van der Waals surface area contributed by atoms with Gasteiger partial charge in [0.1, 0.15) is 23.1 Å². The van der Waals surface area contributed by atoms with Crippen LogP contribution in [0.5, 0.6) is 17.2 Å². The van der Waals surface area contributed by atoms with Crippen LogP contribution >= 0.6 is 0 Å². The predicted octanol–water partition coefficient (Wildman–Crippen LogP) is 6.01. The molecule has 4 rings (SSSR count). The Morgan fingerprint density at radius 2 is 1.47 bits per heavy atom. The molecule has 2 aromatic heterocycles. The van der Waals surface area contributed by atoms with Gasteiger partial charge in [-0.3, -0.25) is 10.3 Å². The average Bonchev–Trinajstić information content (AvgIpc) is 3.25. The van der Waals surface area contributed by atoms with Crippen LogP contribution in [-0.4, -0.2) is 27.9 Å². The van der Waals surface area contributed by atoms with Crippen LogP contribution in [0.3, 0.4) is 0 Å². The molecule has 0 unspecified atom stereocenters. The van der Waals surface area contributed by atoms with Gasteiger partial charge in [0.15, 0.2) is 0 Å². The molecule has 2 aromatic carbocycles. The van der Waals surface area contributed by atoms with Crippen molar-refractivity contribution in [3.8, 4) is 22.9 Å². The third-order valence-electron chi connectivity index (χ3n) is 5.03. The molecule has 2 N–H and O–H groups in total. The molecule has 0 aliphatic carbocycles. The highest BCUT2D eigenvalue weighted by molar-refractivity contribution is 5.99. The third kappa shape index (κ3) is 5.53. The second kappa shape index (κ2) is 9.66. The lowest BCUT2D eigenvalue weighted by atomic mass is 9.92. The number of urea groups is 1. The van der Waals surface area contributed by atoms with E-state index >= 15 is 0 Å². The van der Waals surface area contributed by atoms with Gasteiger partial charge in [0.2, 0.25) is 0 Å². The molecule has 34 heavy (non-hydrogen) atoms. The van der Waals surface area contributed by atoms with Crippen LogP contribution in [0.4, 0.5) is 16.3 Å². The van der Waals surface area contributed by atoms with Crippen LogP contribution < -0.4 is 20.1 Å². The molecule has 0 fully saturated rings. The van der Waals surface area contributed by atoms with Crippen LogP contribution in [0.25, 0.3) is 5.69 Å². The molecule has 0 saturated carbocycles. The molecule has 2 heterocycles. The Morgan fingerprint density at radius 3 is 2.09 bits per heavy atom. The van der Waals surface area contributed by atoms with Crippen molar-refractivity contribution in [1.82, 2.24) is 14.8 Å². The summed E-state index contributed by atoms with van der Waals surface area (Å²) >= 11 is 0. The first kappa shape index (κ1) is 22.8. The molecule has 0 atom stereocenters. The second-order valence-electron chi connectivity index (χ2n) is 8.66. The van der Waals surface area contributed by atoms with Crippen molar-refractivity contribution in [2.45, 2.75) is 26.2 Å². The molecule has 0 saturated heterocycles. The maximum Gasteiger partial charge on any atom is 0.324 e. The van der Waals surface area contributed by atoms with Crippen molar-refractivity contribution in [2.75, 3.05) is 17.7 Å². The molecule has 8 heteroatoms. The standard InChI is InChI=1S/C26H27N5O3/c1-26(2,3)23-17-24(31(30-23)19-7-11-20(33-4)12-8-19)29-25(32)28-18-5-9-21(10-6-18)34-22-13-15-27-16-14-22/h5-17H,1-4H3,(H2,28,29,32). The second-order valence-corrected chi connectivity index (χ2v) is 8.66. The minimum absolute atomic E-state index is 0.185. The van der Waals surface area contributed by atoms with Crippen molar-refractivity contribution >= 4 is 17.5 Å². The number of carbonyl (C=O) groups excluding carboxylic acids is 1. The van der Waals surface area contributed by atoms with Crippen molar-refractivity contribution < 1.29 is 14.3 Å². The normalized spacial score (nSPS) is 11.1. The summed E-state index contributed by atoms with van der Waals surface area (Å²) < 4.78 is 12.7. The Hall–Kier alpha value is -4.33. The van der Waals surface area contributed by atoms with Gasteiger partial charge in [-0.25, -0.2) is 9.48 Å². The SMILES string of the molecule is COc1ccc(-n2nc(C(C)(C)C)cc2NC(=O)Nc2ccc(Oc3ccncc3)cc2)cc1. The number of amides is 2. The van der Waals surface area contributed by atoms with Crippen molar-refractivity contribution in [3.05, 3.63) is 84.8 Å². The molecule has 0 bridgehead atoms. The zero-order valence-electron chi connectivity index (χ0n) is 19.6. The molecule has 8 nitrogen and oxygen atoms in total. The number of rotatable bonds is 6. The molecule has 0 aliphatic heterocycles. The van der Waals surface area contributed by atoms with E-state index in [1.54, 1.807) is 60.6 Å². The van der Waals surface area contributed by atoms with Gasteiger partial charge in [0.25, 0.3) is 0 Å². The predicted molar refractivity (Wildman–Crippen MR) is 132 cm³/mol. The zero-order valence-corrected chi connectivity index (χ0v) is 19.6. The number of methoxy groups -OCH3 is 1. The molecular weight excluding hydrogens is 430 g/mol. The van der Waals surface area contributed by atoms with E-state index in [0.717, 1.165) is 17.1 Å². The van der Waals surface area contributed by atoms with Gasteiger partial charge in [0, 0.05) is 29.6 Å². The van der Waals surface area contributed by atoms with E-state index in [2.05, 4.69) is 36.4 Å². The van der Waals surface area contributed by atoms with Gasteiger partial charge in [0.05, 0.1) is 18.5 Å². The van der Waals surface area contributed by atoms with Crippen LogP contribution in [0.1, 0.15) is 26.5 Å². The van der Waals surface area contributed by atoms with Crippen molar-refractivity contribution in [2.24, 2.45) is 0 Å². The van der Waals surface area contributed by atoms with Gasteiger partial charge in [-0.1, -0.05) is 20.8 Å². The number of ether oxygens (including phenoxy) is 2. The maximum atomic E-state index is 12.8. The van der Waals surface area contributed by atoms with Crippen molar-refractivity contribution in [3.63, 3.8) is 0 Å². The number of anilines is 2. The summed E-state index contributed by atoms with van der Waals surface area (Å²) in [4.78, 5) is 16.7. The Balaban J connectivity index is 1.49. The average molecular weight is 458 g/mol. The summed E-state index contributed by atoms with van der Waals surface area (Å²) in [5.41, 5.74) is 2.11. The van der Waals surface area contributed by atoms with E-state index in [9.17, 15) is 4.79 Å². The lowest BCUT2D eigenvalue weighted by Crippen LogP contribution is -2.21. The summed E-state index contributed by atoms with van der Waals surface area (Å²) in [5.74, 6) is 2.65. The number of nitrogens with zero attached hydrogens (tertiary/aromatic N) is 3. The number of hydrogen-bond acceptors (Lipinski definition) is 5. The number of pyridine rings is 1.